The Bertz CT molecular complexity index is 596. The summed E-state index contributed by atoms with van der Waals surface area (Å²) in [6.45, 7) is 24.7. The molecule has 0 nitrogen and oxygen atoms in total. The van der Waals surface area contributed by atoms with Gasteiger partial charge in [0, 0.05) is 0 Å². The molecule has 134 valence electrons. The fourth-order valence-corrected chi connectivity index (χ4v) is 6.13. The van der Waals surface area contributed by atoms with E-state index in [1.165, 1.54) is 0 Å². The molecule has 0 aromatic heterocycles. The van der Waals surface area contributed by atoms with Gasteiger partial charge in [-0.25, -0.2) is 0 Å². The van der Waals surface area contributed by atoms with Crippen molar-refractivity contribution in [3.63, 3.8) is 0 Å². The summed E-state index contributed by atoms with van der Waals surface area (Å²) in [4.78, 5) is 0. The summed E-state index contributed by atoms with van der Waals surface area (Å²) in [5.74, 6) is 5.85. The van der Waals surface area contributed by atoms with Crippen LogP contribution in [0.4, 0.5) is 0 Å². The van der Waals surface area contributed by atoms with Crippen molar-refractivity contribution >= 4 is 0 Å². The lowest BCUT2D eigenvalue weighted by molar-refractivity contribution is 0.250. The van der Waals surface area contributed by atoms with E-state index in [4.69, 9.17) is 0 Å². The predicted octanol–water partition coefficient (Wildman–Crippen LogP) is 7.29. The Morgan fingerprint density at radius 3 is 0.833 bits per heavy atom. The molecule has 0 heterocycles. The van der Waals surface area contributed by atoms with Crippen molar-refractivity contribution in [1.82, 2.24) is 0 Å². The minimum atomic E-state index is 0.687. The van der Waals surface area contributed by atoms with E-state index in [1.807, 2.05) is 0 Å². The van der Waals surface area contributed by atoms with E-state index in [0.717, 1.165) is 23.7 Å². The van der Waals surface area contributed by atoms with Crippen LogP contribution in [0, 0.1) is 37.5 Å². The quantitative estimate of drug-likeness (QED) is 0.469. The largest absolute Gasteiger partial charge is 0.0617 e. The molecule has 0 fully saturated rings. The second kappa shape index (κ2) is 5.89. The molecule has 0 saturated carbocycles. The highest BCUT2D eigenvalue weighted by Crippen LogP contribution is 2.56. The van der Waals surface area contributed by atoms with E-state index in [9.17, 15) is 0 Å². The molecule has 0 N–H and O–H groups in total. The first-order valence-corrected chi connectivity index (χ1v) is 10.3. The standard InChI is InChI=1S/C24H38/c1-11-13(3)17(7)23-21(15(11)5)19(9)20(10)22-16(6)12(2)14(4)18(8)24(22)23/h11-18H,1-10H3. The summed E-state index contributed by atoms with van der Waals surface area (Å²) in [6.07, 6.45) is 0. The van der Waals surface area contributed by atoms with Crippen LogP contribution in [0.1, 0.15) is 112 Å². The maximum Gasteiger partial charge on any atom is -0.0156 e. The molecule has 0 amide bonds. The Kier molecular flexibility index (Phi) is 4.42. The Morgan fingerprint density at radius 1 is 0.375 bits per heavy atom. The zero-order chi connectivity index (χ0) is 18.1. The summed E-state index contributed by atoms with van der Waals surface area (Å²) >= 11 is 0. The molecule has 24 heavy (non-hydrogen) atoms. The van der Waals surface area contributed by atoms with Crippen LogP contribution in [-0.2, 0) is 0 Å². The van der Waals surface area contributed by atoms with E-state index >= 15 is 0 Å². The van der Waals surface area contributed by atoms with Gasteiger partial charge in [-0.1, -0.05) is 55.4 Å². The third-order valence-electron chi connectivity index (χ3n) is 8.88. The zero-order valence-electron chi connectivity index (χ0n) is 17.6. The van der Waals surface area contributed by atoms with Crippen molar-refractivity contribution in [3.8, 4) is 0 Å². The summed E-state index contributed by atoms with van der Waals surface area (Å²) < 4.78 is 0. The van der Waals surface area contributed by atoms with Crippen molar-refractivity contribution in [1.29, 1.82) is 0 Å². The molecule has 0 bridgehead atoms. The number of hydrogen-bond acceptors (Lipinski definition) is 0. The molecular weight excluding hydrogens is 288 g/mol. The van der Waals surface area contributed by atoms with Gasteiger partial charge in [0.1, 0.15) is 0 Å². The Labute approximate surface area is 150 Å². The van der Waals surface area contributed by atoms with Gasteiger partial charge in [0.15, 0.2) is 0 Å². The molecule has 1 aromatic carbocycles. The average Bonchev–Trinajstić information content (AvgIpc) is 2.56. The fraction of sp³-hybridized carbons (Fsp3) is 0.750. The normalized spacial score (nSPS) is 41.8. The third kappa shape index (κ3) is 2.17. The molecule has 8 atom stereocenters. The molecule has 1 aromatic rings. The van der Waals surface area contributed by atoms with Crippen molar-refractivity contribution < 1.29 is 0 Å². The van der Waals surface area contributed by atoms with Crippen LogP contribution in [0.2, 0.25) is 0 Å². The van der Waals surface area contributed by atoms with Crippen molar-refractivity contribution in [2.24, 2.45) is 23.7 Å². The lowest BCUT2D eigenvalue weighted by atomic mass is 9.57. The van der Waals surface area contributed by atoms with Crippen molar-refractivity contribution in [2.45, 2.75) is 92.9 Å². The minimum absolute atomic E-state index is 0.687. The van der Waals surface area contributed by atoms with Gasteiger partial charge in [0.25, 0.3) is 0 Å². The lowest BCUT2D eigenvalue weighted by Crippen LogP contribution is -2.35. The molecule has 0 saturated heterocycles. The summed E-state index contributed by atoms with van der Waals surface area (Å²) in [5.41, 5.74) is 10.1. The van der Waals surface area contributed by atoms with E-state index < -0.39 is 0 Å². The van der Waals surface area contributed by atoms with Gasteiger partial charge in [0.05, 0.1) is 0 Å². The lowest BCUT2D eigenvalue weighted by Gasteiger charge is -2.48. The fourth-order valence-electron chi connectivity index (χ4n) is 6.13. The molecular formula is C24H38. The van der Waals surface area contributed by atoms with Gasteiger partial charge in [-0.3, -0.25) is 0 Å². The van der Waals surface area contributed by atoms with Crippen LogP contribution < -0.4 is 0 Å². The zero-order valence-corrected chi connectivity index (χ0v) is 17.6. The summed E-state index contributed by atoms with van der Waals surface area (Å²) in [6, 6.07) is 0. The van der Waals surface area contributed by atoms with Gasteiger partial charge >= 0.3 is 0 Å². The molecule has 8 unspecified atom stereocenters. The van der Waals surface area contributed by atoms with Gasteiger partial charge < -0.3 is 0 Å². The highest BCUT2D eigenvalue weighted by atomic mass is 14.5. The number of rotatable bonds is 0. The van der Waals surface area contributed by atoms with E-state index in [2.05, 4.69) is 69.2 Å². The molecule has 0 heteroatoms. The molecule has 0 spiro atoms. The first kappa shape index (κ1) is 18.0. The number of fused-ring (bicyclic) bond motifs is 3. The Morgan fingerprint density at radius 2 is 0.583 bits per heavy atom. The minimum Gasteiger partial charge on any atom is -0.0617 e. The predicted molar refractivity (Wildman–Crippen MR) is 106 cm³/mol. The molecule has 3 rings (SSSR count). The third-order valence-corrected chi connectivity index (χ3v) is 8.88. The van der Waals surface area contributed by atoms with Gasteiger partial charge in [0.2, 0.25) is 0 Å². The SMILES string of the molecule is Cc1c(C)c2c(c3c1C(C)C(C)C(C)C3C)C(C)C(C)C(C)C2C. The van der Waals surface area contributed by atoms with Gasteiger partial charge in [-0.15, -0.1) is 0 Å². The average molecular weight is 327 g/mol. The maximum absolute atomic E-state index is 2.50. The highest BCUT2D eigenvalue weighted by molar-refractivity contribution is 5.58. The smallest absolute Gasteiger partial charge is 0.0156 e. The van der Waals surface area contributed by atoms with E-state index in [0.29, 0.717) is 23.7 Å². The van der Waals surface area contributed by atoms with E-state index in [1.54, 1.807) is 33.4 Å². The monoisotopic (exact) mass is 326 g/mol. The second-order valence-corrected chi connectivity index (χ2v) is 9.50. The van der Waals surface area contributed by atoms with Gasteiger partial charge in [-0.2, -0.15) is 0 Å². The number of hydrogen-bond donors (Lipinski definition) is 0. The first-order chi connectivity index (χ1) is 11.1. The van der Waals surface area contributed by atoms with Crippen LogP contribution in [0.5, 0.6) is 0 Å². The summed E-state index contributed by atoms with van der Waals surface area (Å²) in [5, 5.41) is 0. The highest BCUT2D eigenvalue weighted by Gasteiger charge is 2.43. The first-order valence-electron chi connectivity index (χ1n) is 10.3. The Hall–Kier alpha value is -0.780. The number of benzene rings is 1. The van der Waals surface area contributed by atoms with E-state index in [-0.39, 0.29) is 0 Å². The second-order valence-electron chi connectivity index (χ2n) is 9.50. The molecule has 2 aliphatic rings. The molecule has 0 aliphatic heterocycles. The van der Waals surface area contributed by atoms with Crippen LogP contribution in [0.15, 0.2) is 0 Å². The molecule has 0 radical (unpaired) electrons. The van der Waals surface area contributed by atoms with Gasteiger partial charge in [-0.05, 0) is 94.6 Å². The maximum atomic E-state index is 2.50. The Balaban J connectivity index is 2.40. The van der Waals surface area contributed by atoms with Crippen LogP contribution in [-0.4, -0.2) is 0 Å². The van der Waals surface area contributed by atoms with Crippen LogP contribution in [0.3, 0.4) is 0 Å². The van der Waals surface area contributed by atoms with Crippen molar-refractivity contribution in [3.05, 3.63) is 33.4 Å². The topological polar surface area (TPSA) is 0 Å². The molecule has 2 aliphatic carbocycles. The van der Waals surface area contributed by atoms with Crippen LogP contribution in [0.25, 0.3) is 0 Å². The summed E-state index contributed by atoms with van der Waals surface area (Å²) in [7, 11) is 0. The van der Waals surface area contributed by atoms with Crippen LogP contribution >= 0.6 is 0 Å². The van der Waals surface area contributed by atoms with Crippen molar-refractivity contribution in [2.75, 3.05) is 0 Å².